The van der Waals surface area contributed by atoms with Gasteiger partial charge in [0.2, 0.25) is 5.91 Å². The number of halogens is 2. The molecule has 0 aliphatic heterocycles. The molecular formula is C14H18Br2N2O3. The minimum Gasteiger partial charge on any atom is -0.480 e. The number of nitrogens with one attached hydrogen (secondary N) is 2. The fourth-order valence-corrected chi connectivity index (χ4v) is 3.06. The molecule has 0 aromatic heterocycles. The smallest absolute Gasteiger partial charge is 0.323 e. The van der Waals surface area contributed by atoms with E-state index in [-0.39, 0.29) is 12.5 Å². The molecule has 0 saturated heterocycles. The van der Waals surface area contributed by atoms with Gasteiger partial charge < -0.3 is 10.4 Å². The van der Waals surface area contributed by atoms with Gasteiger partial charge in [0.1, 0.15) is 5.54 Å². The Balaban J connectivity index is 2.67. The summed E-state index contributed by atoms with van der Waals surface area (Å²) in [5, 5.41) is 14.9. The maximum Gasteiger partial charge on any atom is 0.323 e. The molecular weight excluding hydrogens is 404 g/mol. The maximum atomic E-state index is 12.0. The summed E-state index contributed by atoms with van der Waals surface area (Å²) in [7, 11) is 0. The van der Waals surface area contributed by atoms with E-state index in [1.54, 1.807) is 19.9 Å². The molecule has 0 fully saturated rings. The largest absolute Gasteiger partial charge is 0.480 e. The second-order valence-electron chi connectivity index (χ2n) is 4.62. The predicted molar refractivity (Wildman–Crippen MR) is 89.4 cm³/mol. The Labute approximate surface area is 140 Å². The number of aliphatic carboxylic acids is 1. The van der Waals surface area contributed by atoms with E-state index in [1.165, 1.54) is 0 Å². The normalized spacial score (nSPS) is 11.2. The molecule has 0 aliphatic rings. The van der Waals surface area contributed by atoms with Crippen molar-refractivity contribution in [3.05, 3.63) is 27.1 Å². The van der Waals surface area contributed by atoms with Crippen LogP contribution in [0.15, 0.2) is 27.1 Å². The first kappa shape index (κ1) is 18.1. The van der Waals surface area contributed by atoms with Crippen molar-refractivity contribution in [3.63, 3.8) is 0 Å². The van der Waals surface area contributed by atoms with Gasteiger partial charge in [-0.2, -0.15) is 0 Å². The van der Waals surface area contributed by atoms with E-state index in [0.717, 1.165) is 8.95 Å². The summed E-state index contributed by atoms with van der Waals surface area (Å²) in [4.78, 5) is 23.3. The molecule has 0 aliphatic carbocycles. The summed E-state index contributed by atoms with van der Waals surface area (Å²) in [5.41, 5.74) is -0.423. The van der Waals surface area contributed by atoms with Crippen molar-refractivity contribution < 1.29 is 14.7 Å². The van der Waals surface area contributed by atoms with E-state index in [4.69, 9.17) is 0 Å². The van der Waals surface area contributed by atoms with E-state index < -0.39 is 11.5 Å². The molecule has 5 nitrogen and oxygen atoms in total. The van der Waals surface area contributed by atoms with E-state index in [2.05, 4.69) is 42.5 Å². The van der Waals surface area contributed by atoms with Crippen molar-refractivity contribution in [1.29, 1.82) is 0 Å². The number of carboxylic acids is 1. The zero-order chi connectivity index (χ0) is 16.0. The number of hydrogen-bond donors (Lipinski definition) is 3. The Morgan fingerprint density at radius 1 is 1.24 bits per heavy atom. The third-order valence-electron chi connectivity index (χ3n) is 3.41. The van der Waals surface area contributed by atoms with E-state index in [9.17, 15) is 14.7 Å². The topological polar surface area (TPSA) is 78.4 Å². The average molecular weight is 422 g/mol. The first-order chi connectivity index (χ1) is 9.84. The van der Waals surface area contributed by atoms with Crippen LogP contribution in [0.4, 0.5) is 5.69 Å². The van der Waals surface area contributed by atoms with Gasteiger partial charge in [-0.1, -0.05) is 29.8 Å². The highest BCUT2D eigenvalue weighted by Crippen LogP contribution is 2.26. The van der Waals surface area contributed by atoms with Crippen molar-refractivity contribution in [2.75, 3.05) is 11.9 Å². The molecule has 0 saturated carbocycles. The van der Waals surface area contributed by atoms with Crippen LogP contribution in [0.5, 0.6) is 0 Å². The fraction of sp³-hybridized carbons (Fsp3) is 0.429. The molecule has 0 spiro atoms. The fourth-order valence-electron chi connectivity index (χ4n) is 1.91. The zero-order valence-corrected chi connectivity index (χ0v) is 15.0. The Morgan fingerprint density at radius 2 is 1.86 bits per heavy atom. The SMILES string of the molecule is CCC(CC)(NCC(=O)Nc1ccc(Br)cc1Br)C(=O)O. The van der Waals surface area contributed by atoms with Crippen LogP contribution in [0.3, 0.4) is 0 Å². The molecule has 1 aromatic rings. The Bertz CT molecular complexity index is 531. The summed E-state index contributed by atoms with van der Waals surface area (Å²) >= 11 is 6.69. The molecule has 1 rings (SSSR count). The van der Waals surface area contributed by atoms with Crippen LogP contribution < -0.4 is 10.6 Å². The number of amides is 1. The highest BCUT2D eigenvalue weighted by molar-refractivity contribution is 9.11. The number of carbonyl (C=O) groups is 2. The minimum absolute atomic E-state index is 0.0590. The Kier molecular flexibility index (Phi) is 6.83. The van der Waals surface area contributed by atoms with Crippen molar-refractivity contribution in [1.82, 2.24) is 5.32 Å². The molecule has 0 radical (unpaired) electrons. The van der Waals surface area contributed by atoms with Crippen molar-refractivity contribution in [2.24, 2.45) is 0 Å². The lowest BCUT2D eigenvalue weighted by molar-refractivity contribution is -0.145. The number of carbonyl (C=O) groups excluding carboxylic acids is 1. The van der Waals surface area contributed by atoms with Gasteiger partial charge in [0.25, 0.3) is 0 Å². The summed E-state index contributed by atoms with van der Waals surface area (Å²) in [6, 6.07) is 5.40. The van der Waals surface area contributed by atoms with Crippen LogP contribution >= 0.6 is 31.9 Å². The lowest BCUT2D eigenvalue weighted by Crippen LogP contribution is -2.53. The van der Waals surface area contributed by atoms with Gasteiger partial charge in [-0.05, 0) is 47.0 Å². The van der Waals surface area contributed by atoms with E-state index in [0.29, 0.717) is 18.5 Å². The van der Waals surface area contributed by atoms with Gasteiger partial charge in [-0.15, -0.1) is 0 Å². The molecule has 7 heteroatoms. The average Bonchev–Trinajstić information content (AvgIpc) is 2.43. The molecule has 1 amide bonds. The van der Waals surface area contributed by atoms with Gasteiger partial charge >= 0.3 is 5.97 Å². The maximum absolute atomic E-state index is 12.0. The first-order valence-corrected chi connectivity index (χ1v) is 8.16. The van der Waals surface area contributed by atoms with Gasteiger partial charge in [-0.25, -0.2) is 0 Å². The van der Waals surface area contributed by atoms with Gasteiger partial charge in [0.05, 0.1) is 12.2 Å². The van der Waals surface area contributed by atoms with Crippen LogP contribution in [-0.2, 0) is 9.59 Å². The summed E-state index contributed by atoms with van der Waals surface area (Å²) in [5.74, 6) is -1.23. The van der Waals surface area contributed by atoms with E-state index in [1.807, 2.05) is 12.1 Å². The zero-order valence-electron chi connectivity index (χ0n) is 11.9. The summed E-state index contributed by atoms with van der Waals surface area (Å²) in [6.45, 7) is 3.51. The summed E-state index contributed by atoms with van der Waals surface area (Å²) in [6.07, 6.45) is 0.822. The second-order valence-corrected chi connectivity index (χ2v) is 6.39. The van der Waals surface area contributed by atoms with Gasteiger partial charge in [0.15, 0.2) is 0 Å². The Morgan fingerprint density at radius 3 is 2.33 bits per heavy atom. The standard InChI is InChI=1S/C14H18Br2N2O3/c1-3-14(4-2,13(20)21)17-8-12(19)18-11-6-5-9(15)7-10(11)16/h5-7,17H,3-4,8H2,1-2H3,(H,18,19)(H,20,21). The second kappa shape index (κ2) is 7.91. The van der Waals surface area contributed by atoms with Crippen molar-refractivity contribution in [3.8, 4) is 0 Å². The van der Waals surface area contributed by atoms with Gasteiger partial charge in [0, 0.05) is 8.95 Å². The highest BCUT2D eigenvalue weighted by Gasteiger charge is 2.34. The molecule has 21 heavy (non-hydrogen) atoms. The van der Waals surface area contributed by atoms with Crippen LogP contribution in [0.2, 0.25) is 0 Å². The summed E-state index contributed by atoms with van der Waals surface area (Å²) < 4.78 is 1.65. The van der Waals surface area contributed by atoms with Crippen LogP contribution in [0.1, 0.15) is 26.7 Å². The lowest BCUT2D eigenvalue weighted by atomic mass is 9.93. The number of hydrogen-bond acceptors (Lipinski definition) is 3. The molecule has 116 valence electrons. The third-order valence-corrected chi connectivity index (χ3v) is 4.56. The number of anilines is 1. The quantitative estimate of drug-likeness (QED) is 0.630. The lowest BCUT2D eigenvalue weighted by Gasteiger charge is -2.27. The number of carboxylic acid groups (broad SMARTS) is 1. The van der Waals surface area contributed by atoms with Crippen molar-refractivity contribution in [2.45, 2.75) is 32.2 Å². The molecule has 0 unspecified atom stereocenters. The number of rotatable bonds is 7. The number of benzene rings is 1. The monoisotopic (exact) mass is 420 g/mol. The minimum atomic E-state index is -1.06. The predicted octanol–water partition coefficient (Wildman–Crippen LogP) is 3.38. The molecule has 1 aromatic carbocycles. The first-order valence-electron chi connectivity index (χ1n) is 6.58. The molecule has 3 N–H and O–H groups in total. The Hall–Kier alpha value is -0.920. The highest BCUT2D eigenvalue weighted by atomic mass is 79.9. The molecule has 0 atom stereocenters. The van der Waals surface area contributed by atoms with Crippen LogP contribution in [0.25, 0.3) is 0 Å². The molecule has 0 heterocycles. The van der Waals surface area contributed by atoms with Crippen LogP contribution in [0, 0.1) is 0 Å². The molecule has 0 bridgehead atoms. The van der Waals surface area contributed by atoms with E-state index >= 15 is 0 Å². The van der Waals surface area contributed by atoms with Crippen molar-refractivity contribution >= 4 is 49.4 Å². The van der Waals surface area contributed by atoms with Crippen LogP contribution in [-0.4, -0.2) is 29.1 Å². The van der Waals surface area contributed by atoms with Gasteiger partial charge in [-0.3, -0.25) is 14.9 Å². The third kappa shape index (κ3) is 4.79.